The lowest BCUT2D eigenvalue weighted by molar-refractivity contribution is 0.137. The Hall–Kier alpha value is -2.81. The molecule has 1 fully saturated rings. The molecule has 8 heteroatoms. The SMILES string of the molecule is CCN(CC)C[C@]12Cc3cnn(-c4ccc(F)cc4)c3C=C1CCN(S(=O)(=O)c1ccccc1)C2. The van der Waals surface area contributed by atoms with E-state index in [1.165, 1.54) is 17.7 Å². The lowest BCUT2D eigenvalue weighted by Crippen LogP contribution is -2.54. The van der Waals surface area contributed by atoms with Crippen LogP contribution >= 0.6 is 0 Å². The van der Waals surface area contributed by atoms with Gasteiger partial charge < -0.3 is 4.90 Å². The Balaban J connectivity index is 1.54. The zero-order chi connectivity index (χ0) is 24.6. The van der Waals surface area contributed by atoms with E-state index in [0.29, 0.717) is 30.8 Å². The highest BCUT2D eigenvalue weighted by molar-refractivity contribution is 7.89. The van der Waals surface area contributed by atoms with Crippen molar-refractivity contribution in [3.63, 3.8) is 0 Å². The fourth-order valence-corrected chi connectivity index (χ4v) is 7.00. The van der Waals surface area contributed by atoms with Crippen LogP contribution in [0.3, 0.4) is 0 Å². The standard InChI is InChI=1S/C27H31FN4O2S/c1-3-30(4-2)19-27-17-21-18-29-32(24-12-10-23(28)11-13-24)26(21)16-22(27)14-15-31(20-27)35(33,34)25-8-6-5-7-9-25/h5-13,16,18H,3-4,14-15,17,19-20H2,1-2H3/t27-/m0/s1. The van der Waals surface area contributed by atoms with Gasteiger partial charge in [-0.15, -0.1) is 0 Å². The van der Waals surface area contributed by atoms with Gasteiger partial charge in [0.05, 0.1) is 22.5 Å². The predicted octanol–water partition coefficient (Wildman–Crippen LogP) is 4.37. The number of hydrogen-bond acceptors (Lipinski definition) is 4. The Morgan fingerprint density at radius 1 is 1.06 bits per heavy atom. The Kier molecular flexibility index (Phi) is 6.38. The highest BCUT2D eigenvalue weighted by atomic mass is 32.2. The summed E-state index contributed by atoms with van der Waals surface area (Å²) in [4.78, 5) is 2.72. The first kappa shape index (κ1) is 23.9. The number of benzene rings is 2. The topological polar surface area (TPSA) is 58.4 Å². The van der Waals surface area contributed by atoms with Crippen LogP contribution in [0.2, 0.25) is 0 Å². The van der Waals surface area contributed by atoms with Crippen LogP contribution in [0.15, 0.2) is 71.3 Å². The minimum absolute atomic E-state index is 0.279. The average Bonchev–Trinajstić information content (AvgIpc) is 3.28. The number of halogens is 1. The fraction of sp³-hybridized carbons (Fsp3) is 0.370. The maximum absolute atomic E-state index is 13.5. The van der Waals surface area contributed by atoms with Gasteiger partial charge in [0.1, 0.15) is 5.82 Å². The molecule has 0 bridgehead atoms. The Labute approximate surface area is 206 Å². The van der Waals surface area contributed by atoms with E-state index in [4.69, 9.17) is 0 Å². The van der Waals surface area contributed by atoms with E-state index in [9.17, 15) is 12.8 Å². The summed E-state index contributed by atoms with van der Waals surface area (Å²) in [6.07, 6.45) is 5.46. The number of sulfonamides is 1. The molecule has 2 aliphatic rings. The monoisotopic (exact) mass is 494 g/mol. The molecular formula is C27H31FN4O2S. The summed E-state index contributed by atoms with van der Waals surface area (Å²) in [6.45, 7) is 7.76. The third-order valence-electron chi connectivity index (χ3n) is 7.39. The second-order valence-electron chi connectivity index (χ2n) is 9.43. The molecule has 0 N–H and O–H groups in total. The molecule has 0 saturated carbocycles. The normalized spacial score (nSPS) is 20.4. The molecule has 1 aliphatic carbocycles. The van der Waals surface area contributed by atoms with Crippen LogP contribution in [0.25, 0.3) is 11.8 Å². The highest BCUT2D eigenvalue weighted by Crippen LogP contribution is 2.45. The summed E-state index contributed by atoms with van der Waals surface area (Å²) in [5.41, 5.74) is 3.84. The van der Waals surface area contributed by atoms with E-state index in [1.807, 2.05) is 16.9 Å². The lowest BCUT2D eigenvalue weighted by Gasteiger charge is -2.48. The van der Waals surface area contributed by atoms with Crippen molar-refractivity contribution in [1.82, 2.24) is 19.0 Å². The van der Waals surface area contributed by atoms with Crippen LogP contribution in [-0.2, 0) is 16.4 Å². The molecule has 184 valence electrons. The maximum atomic E-state index is 13.5. The van der Waals surface area contributed by atoms with Gasteiger partial charge in [-0.2, -0.15) is 9.40 Å². The summed E-state index contributed by atoms with van der Waals surface area (Å²) in [6, 6.07) is 15.1. The molecule has 35 heavy (non-hydrogen) atoms. The van der Waals surface area contributed by atoms with Gasteiger partial charge in [-0.25, -0.2) is 17.5 Å². The first-order valence-electron chi connectivity index (χ1n) is 12.2. The predicted molar refractivity (Wildman–Crippen MR) is 135 cm³/mol. The van der Waals surface area contributed by atoms with Crippen LogP contribution in [0.1, 0.15) is 31.5 Å². The molecule has 0 spiro atoms. The molecule has 0 amide bonds. The van der Waals surface area contributed by atoms with Gasteiger partial charge in [-0.05, 0) is 74.0 Å². The van der Waals surface area contributed by atoms with Crippen molar-refractivity contribution in [2.75, 3.05) is 32.7 Å². The number of piperidine rings is 1. The summed E-state index contributed by atoms with van der Waals surface area (Å²) >= 11 is 0. The summed E-state index contributed by atoms with van der Waals surface area (Å²) in [7, 11) is -3.59. The number of nitrogens with zero attached hydrogens (tertiary/aromatic N) is 4. The van der Waals surface area contributed by atoms with E-state index in [-0.39, 0.29) is 11.2 Å². The van der Waals surface area contributed by atoms with Gasteiger partial charge >= 0.3 is 0 Å². The van der Waals surface area contributed by atoms with E-state index in [1.54, 1.807) is 40.7 Å². The minimum atomic E-state index is -3.59. The van der Waals surface area contributed by atoms with Gasteiger partial charge in [0.25, 0.3) is 0 Å². The van der Waals surface area contributed by atoms with Gasteiger partial charge in [-0.3, -0.25) is 0 Å². The van der Waals surface area contributed by atoms with E-state index in [0.717, 1.165) is 36.6 Å². The lowest BCUT2D eigenvalue weighted by atomic mass is 9.68. The van der Waals surface area contributed by atoms with Crippen molar-refractivity contribution >= 4 is 16.1 Å². The highest BCUT2D eigenvalue weighted by Gasteiger charge is 2.46. The van der Waals surface area contributed by atoms with E-state index >= 15 is 0 Å². The molecule has 6 nitrogen and oxygen atoms in total. The second-order valence-corrected chi connectivity index (χ2v) is 11.4. The second kappa shape index (κ2) is 9.33. The molecule has 2 aromatic carbocycles. The number of fused-ring (bicyclic) bond motifs is 2. The molecule has 1 saturated heterocycles. The van der Waals surface area contributed by atoms with Crippen LogP contribution in [0.5, 0.6) is 0 Å². The van der Waals surface area contributed by atoms with E-state index in [2.05, 4.69) is 29.9 Å². The summed E-state index contributed by atoms with van der Waals surface area (Å²) in [5, 5.41) is 4.63. The first-order valence-corrected chi connectivity index (χ1v) is 13.6. The molecule has 0 radical (unpaired) electrons. The van der Waals surface area contributed by atoms with Crippen molar-refractivity contribution < 1.29 is 12.8 Å². The van der Waals surface area contributed by atoms with Gasteiger partial charge in [-0.1, -0.05) is 37.6 Å². The average molecular weight is 495 g/mol. The first-order chi connectivity index (χ1) is 16.9. The Morgan fingerprint density at radius 2 is 1.77 bits per heavy atom. The largest absolute Gasteiger partial charge is 0.303 e. The number of aromatic nitrogens is 2. The molecule has 3 aromatic rings. The zero-order valence-corrected chi connectivity index (χ0v) is 21.0. The molecule has 1 aliphatic heterocycles. The molecular weight excluding hydrogens is 463 g/mol. The quantitative estimate of drug-likeness (QED) is 0.489. The van der Waals surface area contributed by atoms with Crippen molar-refractivity contribution in [3.8, 4) is 5.69 Å². The Morgan fingerprint density at radius 3 is 2.46 bits per heavy atom. The fourth-order valence-electron chi connectivity index (χ4n) is 5.45. The van der Waals surface area contributed by atoms with Crippen molar-refractivity contribution in [1.29, 1.82) is 0 Å². The van der Waals surface area contributed by atoms with Crippen molar-refractivity contribution in [2.45, 2.75) is 31.6 Å². The third kappa shape index (κ3) is 4.35. The van der Waals surface area contributed by atoms with Crippen LogP contribution < -0.4 is 0 Å². The molecule has 0 unspecified atom stereocenters. The summed E-state index contributed by atoms with van der Waals surface area (Å²) < 4.78 is 44.1. The minimum Gasteiger partial charge on any atom is -0.303 e. The van der Waals surface area contributed by atoms with E-state index < -0.39 is 10.0 Å². The van der Waals surface area contributed by atoms with Crippen LogP contribution in [0, 0.1) is 11.2 Å². The zero-order valence-electron chi connectivity index (χ0n) is 20.2. The van der Waals surface area contributed by atoms with Gasteiger partial charge in [0.2, 0.25) is 10.0 Å². The maximum Gasteiger partial charge on any atom is 0.243 e. The van der Waals surface area contributed by atoms with Crippen molar-refractivity contribution in [2.24, 2.45) is 5.41 Å². The third-order valence-corrected chi connectivity index (χ3v) is 9.25. The number of rotatable bonds is 7. The van der Waals surface area contributed by atoms with Crippen LogP contribution in [0.4, 0.5) is 4.39 Å². The smallest absolute Gasteiger partial charge is 0.243 e. The summed E-state index contributed by atoms with van der Waals surface area (Å²) in [5.74, 6) is -0.279. The van der Waals surface area contributed by atoms with Crippen LogP contribution in [-0.4, -0.2) is 60.1 Å². The van der Waals surface area contributed by atoms with Gasteiger partial charge in [0, 0.05) is 25.0 Å². The molecule has 1 aromatic heterocycles. The van der Waals surface area contributed by atoms with Gasteiger partial charge in [0.15, 0.2) is 0 Å². The number of hydrogen-bond donors (Lipinski definition) is 0. The molecule has 2 heterocycles. The Bertz CT molecular complexity index is 1330. The molecule has 1 atom stereocenters. The van der Waals surface area contributed by atoms with Crippen molar-refractivity contribution in [3.05, 3.63) is 83.4 Å². The molecule has 5 rings (SSSR count).